The molecule has 0 saturated heterocycles. The van der Waals surface area contributed by atoms with Gasteiger partial charge >= 0.3 is 0 Å². The second-order valence-corrected chi connectivity index (χ2v) is 4.69. The number of thiazole rings is 1. The second kappa shape index (κ2) is 8.16. The van der Waals surface area contributed by atoms with Crippen LogP contribution in [-0.2, 0) is 16.0 Å². The van der Waals surface area contributed by atoms with Crippen LogP contribution in [0.4, 0.5) is 0 Å². The number of rotatable bonds is 8. The van der Waals surface area contributed by atoms with E-state index in [4.69, 9.17) is 4.74 Å². The van der Waals surface area contributed by atoms with Crippen molar-refractivity contribution in [1.29, 1.82) is 0 Å². The lowest BCUT2D eigenvalue weighted by Crippen LogP contribution is -2.36. The molecule has 0 radical (unpaired) electrons. The van der Waals surface area contributed by atoms with Gasteiger partial charge in [-0.3, -0.25) is 4.79 Å². The van der Waals surface area contributed by atoms with Crippen LogP contribution in [0.2, 0.25) is 0 Å². The highest BCUT2D eigenvalue weighted by Gasteiger charge is 2.01. The van der Waals surface area contributed by atoms with Gasteiger partial charge in [0.05, 0.1) is 23.9 Å². The van der Waals surface area contributed by atoms with E-state index < -0.39 is 0 Å². The lowest BCUT2D eigenvalue weighted by atomic mass is 10.3. The van der Waals surface area contributed by atoms with Gasteiger partial charge in [-0.1, -0.05) is 0 Å². The Labute approximate surface area is 106 Å². The highest BCUT2D eigenvalue weighted by Crippen LogP contribution is 2.07. The molecule has 1 heterocycles. The molecule has 0 fully saturated rings. The number of aryl methyl sites for hydroxylation is 1. The summed E-state index contributed by atoms with van der Waals surface area (Å²) in [6, 6.07) is 0. The highest BCUT2D eigenvalue weighted by atomic mass is 32.1. The van der Waals surface area contributed by atoms with Gasteiger partial charge in [-0.2, -0.15) is 0 Å². The van der Waals surface area contributed by atoms with Gasteiger partial charge in [-0.15, -0.1) is 11.3 Å². The number of ether oxygens (including phenoxy) is 1. The zero-order valence-electron chi connectivity index (χ0n) is 10.3. The lowest BCUT2D eigenvalue weighted by Gasteiger charge is -2.05. The van der Waals surface area contributed by atoms with Crippen molar-refractivity contribution in [3.05, 3.63) is 16.1 Å². The van der Waals surface area contributed by atoms with Crippen molar-refractivity contribution in [3.63, 3.8) is 0 Å². The molecule has 0 unspecified atom stereocenters. The van der Waals surface area contributed by atoms with Crippen LogP contribution < -0.4 is 10.6 Å². The summed E-state index contributed by atoms with van der Waals surface area (Å²) < 4.78 is 4.86. The molecule has 1 aromatic heterocycles. The first kappa shape index (κ1) is 14.1. The number of amides is 1. The maximum absolute atomic E-state index is 11.4. The van der Waals surface area contributed by atoms with E-state index in [0.717, 1.165) is 17.1 Å². The predicted octanol–water partition coefficient (Wildman–Crippen LogP) is 0.346. The SMILES string of the molecule is COCCNCC(=O)NCCc1csc(C)n1. The van der Waals surface area contributed by atoms with Crippen molar-refractivity contribution in [2.24, 2.45) is 0 Å². The van der Waals surface area contributed by atoms with Gasteiger partial charge in [0.1, 0.15) is 0 Å². The molecule has 0 aromatic carbocycles. The summed E-state index contributed by atoms with van der Waals surface area (Å²) in [6.45, 7) is 4.25. The Balaban J connectivity index is 2.04. The number of nitrogens with one attached hydrogen (secondary N) is 2. The molecule has 0 aliphatic rings. The summed E-state index contributed by atoms with van der Waals surface area (Å²) in [7, 11) is 1.64. The maximum atomic E-state index is 11.4. The third-order valence-electron chi connectivity index (χ3n) is 2.14. The smallest absolute Gasteiger partial charge is 0.233 e. The zero-order chi connectivity index (χ0) is 12.5. The van der Waals surface area contributed by atoms with Crippen LogP contribution in [0.3, 0.4) is 0 Å². The molecule has 1 amide bonds. The van der Waals surface area contributed by atoms with Crippen LogP contribution >= 0.6 is 11.3 Å². The van der Waals surface area contributed by atoms with Crippen LogP contribution in [0, 0.1) is 6.92 Å². The van der Waals surface area contributed by atoms with Gasteiger partial charge in [-0.25, -0.2) is 4.98 Å². The molecular formula is C11H19N3O2S. The van der Waals surface area contributed by atoms with Crippen LogP contribution in [-0.4, -0.2) is 44.2 Å². The standard InChI is InChI=1S/C11H19N3O2S/c1-9-14-10(8-17-9)3-4-13-11(15)7-12-5-6-16-2/h8,12H,3-7H2,1-2H3,(H,13,15). The molecule has 0 aliphatic heterocycles. The summed E-state index contributed by atoms with van der Waals surface area (Å²) in [6.07, 6.45) is 0.786. The van der Waals surface area contributed by atoms with E-state index in [0.29, 0.717) is 26.2 Å². The Morgan fingerprint density at radius 2 is 2.35 bits per heavy atom. The molecule has 5 nitrogen and oxygen atoms in total. The first-order valence-electron chi connectivity index (χ1n) is 5.59. The Morgan fingerprint density at radius 3 is 3.00 bits per heavy atom. The minimum Gasteiger partial charge on any atom is -0.383 e. The zero-order valence-corrected chi connectivity index (χ0v) is 11.1. The molecular weight excluding hydrogens is 238 g/mol. The monoisotopic (exact) mass is 257 g/mol. The molecule has 0 saturated carbocycles. The van der Waals surface area contributed by atoms with E-state index in [9.17, 15) is 4.79 Å². The van der Waals surface area contributed by atoms with Gasteiger partial charge in [-0.05, 0) is 6.92 Å². The van der Waals surface area contributed by atoms with E-state index in [1.54, 1.807) is 18.4 Å². The number of carbonyl (C=O) groups excluding carboxylic acids is 1. The Kier molecular flexibility index (Phi) is 6.76. The van der Waals surface area contributed by atoms with E-state index in [1.165, 1.54) is 0 Å². The predicted molar refractivity (Wildman–Crippen MR) is 68.3 cm³/mol. The molecule has 1 aromatic rings. The number of hydrogen-bond donors (Lipinski definition) is 2. The van der Waals surface area contributed by atoms with Crippen molar-refractivity contribution < 1.29 is 9.53 Å². The summed E-state index contributed by atoms with van der Waals surface area (Å²) in [5, 5.41) is 8.92. The number of hydrogen-bond acceptors (Lipinski definition) is 5. The molecule has 1 rings (SSSR count). The number of nitrogens with zero attached hydrogens (tertiary/aromatic N) is 1. The first-order valence-corrected chi connectivity index (χ1v) is 6.47. The van der Waals surface area contributed by atoms with E-state index >= 15 is 0 Å². The number of methoxy groups -OCH3 is 1. The molecule has 0 atom stereocenters. The van der Waals surface area contributed by atoms with Crippen molar-refractivity contribution in [2.45, 2.75) is 13.3 Å². The number of aromatic nitrogens is 1. The lowest BCUT2D eigenvalue weighted by molar-refractivity contribution is -0.120. The topological polar surface area (TPSA) is 63.2 Å². The average Bonchev–Trinajstić information content (AvgIpc) is 2.71. The average molecular weight is 257 g/mol. The quantitative estimate of drug-likeness (QED) is 0.660. The minimum atomic E-state index is 0.00746. The largest absolute Gasteiger partial charge is 0.383 e. The Bertz CT molecular complexity index is 341. The van der Waals surface area contributed by atoms with Gasteiger partial charge in [0.15, 0.2) is 0 Å². The molecule has 17 heavy (non-hydrogen) atoms. The fourth-order valence-electron chi connectivity index (χ4n) is 1.29. The maximum Gasteiger partial charge on any atom is 0.233 e. The fourth-order valence-corrected chi connectivity index (χ4v) is 1.94. The van der Waals surface area contributed by atoms with Gasteiger partial charge in [0.2, 0.25) is 5.91 Å². The van der Waals surface area contributed by atoms with Gasteiger partial charge in [0.25, 0.3) is 0 Å². The van der Waals surface area contributed by atoms with E-state index in [1.807, 2.05) is 12.3 Å². The van der Waals surface area contributed by atoms with Gasteiger partial charge in [0, 0.05) is 32.0 Å². The second-order valence-electron chi connectivity index (χ2n) is 3.63. The van der Waals surface area contributed by atoms with E-state index in [-0.39, 0.29) is 5.91 Å². The third kappa shape index (κ3) is 6.35. The van der Waals surface area contributed by atoms with Crippen molar-refractivity contribution in [1.82, 2.24) is 15.6 Å². The molecule has 2 N–H and O–H groups in total. The van der Waals surface area contributed by atoms with Crippen LogP contribution in [0.5, 0.6) is 0 Å². The Hall–Kier alpha value is -0.980. The summed E-state index contributed by atoms with van der Waals surface area (Å²) in [5.41, 5.74) is 1.04. The number of carbonyl (C=O) groups is 1. The first-order chi connectivity index (χ1) is 8.22. The van der Waals surface area contributed by atoms with Gasteiger partial charge < -0.3 is 15.4 Å². The molecule has 96 valence electrons. The molecule has 6 heteroatoms. The fraction of sp³-hybridized carbons (Fsp3) is 0.636. The normalized spacial score (nSPS) is 10.5. The summed E-state index contributed by atoms with van der Waals surface area (Å²) in [5.74, 6) is 0.00746. The van der Waals surface area contributed by atoms with Crippen molar-refractivity contribution in [3.8, 4) is 0 Å². The molecule has 0 aliphatic carbocycles. The summed E-state index contributed by atoms with van der Waals surface area (Å²) in [4.78, 5) is 15.7. The summed E-state index contributed by atoms with van der Waals surface area (Å²) >= 11 is 1.63. The van der Waals surface area contributed by atoms with Crippen LogP contribution in [0.25, 0.3) is 0 Å². The van der Waals surface area contributed by atoms with E-state index in [2.05, 4.69) is 15.6 Å². The van der Waals surface area contributed by atoms with Crippen LogP contribution in [0.15, 0.2) is 5.38 Å². The molecule has 0 spiro atoms. The van der Waals surface area contributed by atoms with Crippen LogP contribution in [0.1, 0.15) is 10.7 Å². The minimum absolute atomic E-state index is 0.00746. The highest BCUT2D eigenvalue weighted by molar-refractivity contribution is 7.09. The van der Waals surface area contributed by atoms with Crippen molar-refractivity contribution in [2.75, 3.05) is 33.4 Å². The van der Waals surface area contributed by atoms with Crippen molar-refractivity contribution >= 4 is 17.2 Å². The Morgan fingerprint density at radius 1 is 1.53 bits per heavy atom. The third-order valence-corrected chi connectivity index (χ3v) is 2.96. The molecule has 0 bridgehead atoms.